The van der Waals surface area contributed by atoms with Crippen molar-refractivity contribution in [1.29, 1.82) is 0 Å². The van der Waals surface area contributed by atoms with E-state index >= 15 is 0 Å². The summed E-state index contributed by atoms with van der Waals surface area (Å²) in [5, 5.41) is 4.69. The Morgan fingerprint density at radius 2 is 2.00 bits per heavy atom. The number of rotatable bonds is 7. The average Bonchev–Trinajstić information content (AvgIpc) is 3.31. The number of para-hydroxylation sites is 1. The molecular weight excluding hydrogens is 424 g/mol. The lowest BCUT2D eigenvalue weighted by atomic mass is 9.89. The zero-order valence-corrected chi connectivity index (χ0v) is 20.1. The molecule has 3 aromatic rings. The van der Waals surface area contributed by atoms with Crippen LogP contribution in [0, 0.1) is 0 Å². The molecule has 6 nitrogen and oxygen atoms in total. The fourth-order valence-electron chi connectivity index (χ4n) is 5.81. The van der Waals surface area contributed by atoms with Gasteiger partial charge in [0.15, 0.2) is 0 Å². The lowest BCUT2D eigenvalue weighted by Gasteiger charge is -2.33. The van der Waals surface area contributed by atoms with E-state index in [4.69, 9.17) is 10.5 Å². The number of hydrogen-bond acceptors (Lipinski definition) is 4. The minimum Gasteiger partial charge on any atom is -0.496 e. The van der Waals surface area contributed by atoms with E-state index in [9.17, 15) is 4.79 Å². The Bertz CT molecular complexity index is 1140. The van der Waals surface area contributed by atoms with Gasteiger partial charge in [0.1, 0.15) is 5.75 Å². The van der Waals surface area contributed by atoms with Gasteiger partial charge in [0.05, 0.1) is 7.11 Å². The first-order valence-corrected chi connectivity index (χ1v) is 12.6. The van der Waals surface area contributed by atoms with Gasteiger partial charge < -0.3 is 25.3 Å². The number of methoxy groups -OCH3 is 1. The number of nitrogens with zero attached hydrogens (tertiary/aromatic N) is 2. The summed E-state index contributed by atoms with van der Waals surface area (Å²) in [4.78, 5) is 14.2. The van der Waals surface area contributed by atoms with Gasteiger partial charge in [-0.3, -0.25) is 4.79 Å². The van der Waals surface area contributed by atoms with Gasteiger partial charge in [0.2, 0.25) is 5.91 Å². The number of carbonyl (C=O) groups excluding carboxylic acids is 1. The fraction of sp³-hybridized carbons (Fsp3) is 0.464. The molecule has 180 valence electrons. The molecule has 5 rings (SSSR count). The molecule has 2 aliphatic heterocycles. The second-order valence-corrected chi connectivity index (χ2v) is 9.77. The first-order chi connectivity index (χ1) is 16.6. The van der Waals surface area contributed by atoms with E-state index in [1.807, 2.05) is 25.3 Å². The Morgan fingerprint density at radius 1 is 1.15 bits per heavy atom. The van der Waals surface area contributed by atoms with Crippen molar-refractivity contribution in [2.75, 3.05) is 39.8 Å². The van der Waals surface area contributed by atoms with Crippen LogP contribution in [0.15, 0.2) is 48.7 Å². The van der Waals surface area contributed by atoms with Crippen LogP contribution in [-0.2, 0) is 6.42 Å². The number of nitrogens with two attached hydrogens (primary N) is 1. The highest BCUT2D eigenvalue weighted by Crippen LogP contribution is 2.34. The molecular formula is C28H36N4O2. The number of aromatic nitrogens is 1. The number of fused-ring (bicyclic) bond motifs is 1. The molecule has 6 heteroatoms. The van der Waals surface area contributed by atoms with Crippen molar-refractivity contribution in [2.45, 2.75) is 44.1 Å². The van der Waals surface area contributed by atoms with Gasteiger partial charge in [-0.05, 0) is 73.4 Å². The predicted molar refractivity (Wildman–Crippen MR) is 137 cm³/mol. The average molecular weight is 461 g/mol. The van der Waals surface area contributed by atoms with Crippen LogP contribution in [0.5, 0.6) is 5.75 Å². The molecule has 1 unspecified atom stereocenters. The molecule has 2 fully saturated rings. The molecule has 0 saturated carbocycles. The monoisotopic (exact) mass is 460 g/mol. The van der Waals surface area contributed by atoms with E-state index in [2.05, 4.69) is 45.2 Å². The topological polar surface area (TPSA) is 72.5 Å². The molecule has 3 heterocycles. The Balaban J connectivity index is 1.22. The van der Waals surface area contributed by atoms with Crippen LogP contribution in [0.3, 0.4) is 0 Å². The van der Waals surface area contributed by atoms with Crippen molar-refractivity contribution in [2.24, 2.45) is 5.73 Å². The highest BCUT2D eigenvalue weighted by atomic mass is 16.5. The molecule has 3 N–H and O–H groups in total. The van der Waals surface area contributed by atoms with Gasteiger partial charge in [-0.2, -0.15) is 0 Å². The maximum Gasteiger partial charge on any atom is 0.248 e. The van der Waals surface area contributed by atoms with Crippen LogP contribution < -0.4 is 15.8 Å². The van der Waals surface area contributed by atoms with Gasteiger partial charge in [0.25, 0.3) is 0 Å². The minimum atomic E-state index is -0.372. The first-order valence-electron chi connectivity index (χ1n) is 12.6. The fourth-order valence-corrected chi connectivity index (χ4v) is 5.81. The number of benzene rings is 2. The third-order valence-corrected chi connectivity index (χ3v) is 7.72. The molecule has 0 aliphatic carbocycles. The van der Waals surface area contributed by atoms with Crippen molar-refractivity contribution in [3.63, 3.8) is 0 Å². The summed E-state index contributed by atoms with van der Waals surface area (Å²) in [6.07, 6.45) is 7.84. The van der Waals surface area contributed by atoms with Gasteiger partial charge in [-0.15, -0.1) is 0 Å². The number of likely N-dealkylation sites (tertiary alicyclic amines) is 1. The van der Waals surface area contributed by atoms with E-state index in [1.54, 1.807) is 0 Å². The number of primary amides is 1. The lowest BCUT2D eigenvalue weighted by Crippen LogP contribution is -2.36. The van der Waals surface area contributed by atoms with Crippen LogP contribution in [-0.4, -0.2) is 55.2 Å². The minimum absolute atomic E-state index is 0.372. The number of ether oxygens (including phenoxy) is 1. The Kier molecular flexibility index (Phi) is 6.88. The number of hydrogen-bond donors (Lipinski definition) is 2. The summed E-state index contributed by atoms with van der Waals surface area (Å²) in [5.74, 6) is 1.27. The largest absolute Gasteiger partial charge is 0.496 e. The van der Waals surface area contributed by atoms with Crippen LogP contribution >= 0.6 is 0 Å². The molecule has 1 aromatic heterocycles. The SMILES string of the molecule is COc1c(CCN2CCC(n3ccc4ccc(C(N)=O)cc43)CC2)cccc1C1CCCNC1. The van der Waals surface area contributed by atoms with E-state index in [1.165, 1.54) is 24.0 Å². The third-order valence-electron chi connectivity index (χ3n) is 7.72. The normalized spacial score (nSPS) is 20.0. The van der Waals surface area contributed by atoms with Gasteiger partial charge in [-0.25, -0.2) is 0 Å². The molecule has 0 bridgehead atoms. The maximum atomic E-state index is 11.6. The lowest BCUT2D eigenvalue weighted by molar-refractivity contribution is 0.100. The van der Waals surface area contributed by atoms with E-state index in [-0.39, 0.29) is 5.91 Å². The quantitative estimate of drug-likeness (QED) is 0.557. The second-order valence-electron chi connectivity index (χ2n) is 9.77. The zero-order valence-electron chi connectivity index (χ0n) is 20.1. The van der Waals surface area contributed by atoms with Crippen molar-refractivity contribution in [3.8, 4) is 5.75 Å². The molecule has 1 atom stereocenters. The van der Waals surface area contributed by atoms with Crippen molar-refractivity contribution < 1.29 is 9.53 Å². The molecule has 2 aromatic carbocycles. The van der Waals surface area contributed by atoms with Crippen LogP contribution in [0.4, 0.5) is 0 Å². The van der Waals surface area contributed by atoms with E-state index in [0.29, 0.717) is 17.5 Å². The Hall–Kier alpha value is -2.83. The number of carbonyl (C=O) groups is 1. The predicted octanol–water partition coefficient (Wildman–Crippen LogP) is 4.10. The maximum absolute atomic E-state index is 11.6. The summed E-state index contributed by atoms with van der Waals surface area (Å²) in [6, 6.07) is 15.0. The molecule has 0 spiro atoms. The molecule has 0 radical (unpaired) electrons. The zero-order chi connectivity index (χ0) is 23.5. The summed E-state index contributed by atoms with van der Waals surface area (Å²) in [5.41, 5.74) is 9.87. The van der Waals surface area contributed by atoms with E-state index < -0.39 is 0 Å². The summed E-state index contributed by atoms with van der Waals surface area (Å²) in [7, 11) is 1.81. The van der Waals surface area contributed by atoms with Gasteiger partial charge in [-0.1, -0.05) is 24.3 Å². The Morgan fingerprint density at radius 3 is 2.74 bits per heavy atom. The van der Waals surface area contributed by atoms with Crippen LogP contribution in [0.25, 0.3) is 10.9 Å². The molecule has 1 amide bonds. The highest BCUT2D eigenvalue weighted by Gasteiger charge is 2.23. The highest BCUT2D eigenvalue weighted by molar-refractivity contribution is 5.97. The molecule has 2 saturated heterocycles. The molecule has 2 aliphatic rings. The third kappa shape index (κ3) is 4.70. The number of nitrogens with one attached hydrogen (secondary N) is 1. The van der Waals surface area contributed by atoms with Crippen molar-refractivity contribution >= 4 is 16.8 Å². The van der Waals surface area contributed by atoms with Crippen molar-refractivity contribution in [3.05, 3.63) is 65.4 Å². The summed E-state index contributed by atoms with van der Waals surface area (Å²) in [6.45, 7) is 5.37. The van der Waals surface area contributed by atoms with E-state index in [0.717, 1.165) is 68.6 Å². The summed E-state index contributed by atoms with van der Waals surface area (Å²) >= 11 is 0. The number of piperidine rings is 2. The number of amides is 1. The molecule has 34 heavy (non-hydrogen) atoms. The first kappa shape index (κ1) is 22.9. The van der Waals surface area contributed by atoms with Crippen molar-refractivity contribution in [1.82, 2.24) is 14.8 Å². The van der Waals surface area contributed by atoms with Crippen LogP contribution in [0.2, 0.25) is 0 Å². The Labute approximate surface area is 202 Å². The standard InChI is InChI=1S/C28H36N4O2/c1-34-27-21(4-2-6-25(27)23-5-3-13-30-19-23)9-14-31-15-11-24(12-16-31)32-17-10-20-7-8-22(28(29)33)18-26(20)32/h2,4,6-8,10,17-18,23-24,30H,3,5,9,11-16,19H2,1H3,(H2,29,33). The van der Waals surface area contributed by atoms with Gasteiger partial charge in [0, 0.05) is 55.4 Å². The van der Waals surface area contributed by atoms with Gasteiger partial charge >= 0.3 is 0 Å². The van der Waals surface area contributed by atoms with Crippen LogP contribution in [0.1, 0.15) is 59.1 Å². The second kappa shape index (κ2) is 10.2. The summed E-state index contributed by atoms with van der Waals surface area (Å²) < 4.78 is 8.26. The smallest absolute Gasteiger partial charge is 0.248 e.